The Labute approximate surface area is 151 Å². The van der Waals surface area contributed by atoms with Crippen LogP contribution in [0.1, 0.15) is 5.69 Å². The smallest absolute Gasteiger partial charge is 0.433 e. The van der Waals surface area contributed by atoms with Gasteiger partial charge in [0.1, 0.15) is 28.5 Å². The third-order valence-corrected chi connectivity index (χ3v) is 4.18. The maximum atomic E-state index is 13.5. The second-order valence-electron chi connectivity index (χ2n) is 5.85. The predicted molar refractivity (Wildman–Crippen MR) is 92.5 cm³/mol. The summed E-state index contributed by atoms with van der Waals surface area (Å²) >= 11 is 0. The van der Waals surface area contributed by atoms with Crippen LogP contribution in [-0.2, 0) is 6.18 Å². The van der Waals surface area contributed by atoms with Crippen molar-refractivity contribution in [3.8, 4) is 34.1 Å². The standard InChI is InChI=1S/C19H13F3N2O3/c1-26-11-6-7-12(13(25)9-11)17-16(18(24-23-17)19(20,21)22)15-8-10-4-2-3-5-14(10)27-15/h2-9,25H,1H3,(H,23,24). The molecule has 2 N–H and O–H groups in total. The van der Waals surface area contributed by atoms with Gasteiger partial charge in [-0.1, -0.05) is 18.2 Å². The number of phenolic OH excluding ortho intramolecular Hbond substituents is 1. The highest BCUT2D eigenvalue weighted by molar-refractivity contribution is 5.89. The maximum Gasteiger partial charge on any atom is 0.433 e. The number of ether oxygens (including phenoxy) is 1. The first-order valence-electron chi connectivity index (χ1n) is 7.90. The largest absolute Gasteiger partial charge is 0.507 e. The fraction of sp³-hybridized carbons (Fsp3) is 0.105. The highest BCUT2D eigenvalue weighted by Gasteiger charge is 2.39. The number of nitrogens with one attached hydrogen (secondary N) is 1. The molecule has 0 radical (unpaired) electrons. The predicted octanol–water partition coefficient (Wildman–Crippen LogP) is 5.22. The molecule has 0 aliphatic heterocycles. The number of alkyl halides is 3. The molecule has 0 saturated heterocycles. The van der Waals surface area contributed by atoms with E-state index in [1.165, 1.54) is 31.4 Å². The van der Waals surface area contributed by atoms with E-state index in [2.05, 4.69) is 5.10 Å². The van der Waals surface area contributed by atoms with Crippen LogP contribution in [0.3, 0.4) is 0 Å². The second kappa shape index (κ2) is 6.08. The van der Waals surface area contributed by atoms with Gasteiger partial charge >= 0.3 is 6.18 Å². The third kappa shape index (κ3) is 2.88. The monoisotopic (exact) mass is 374 g/mol. The minimum absolute atomic E-state index is 0.00231. The van der Waals surface area contributed by atoms with Crippen LogP contribution < -0.4 is 4.74 Å². The van der Waals surface area contributed by atoms with E-state index in [9.17, 15) is 18.3 Å². The van der Waals surface area contributed by atoms with Crippen LogP contribution in [0.25, 0.3) is 33.6 Å². The Balaban J connectivity index is 1.97. The first-order valence-corrected chi connectivity index (χ1v) is 7.90. The number of halogens is 3. The van der Waals surface area contributed by atoms with Gasteiger partial charge in [0.2, 0.25) is 0 Å². The van der Waals surface area contributed by atoms with Crippen LogP contribution in [0.4, 0.5) is 13.2 Å². The summed E-state index contributed by atoms with van der Waals surface area (Å²) in [7, 11) is 1.42. The number of hydrogen-bond donors (Lipinski definition) is 2. The summed E-state index contributed by atoms with van der Waals surface area (Å²) in [6.07, 6.45) is -4.68. The van der Waals surface area contributed by atoms with Crippen LogP contribution >= 0.6 is 0 Å². The Morgan fingerprint density at radius 1 is 1.11 bits per heavy atom. The van der Waals surface area contributed by atoms with Crippen molar-refractivity contribution in [1.82, 2.24) is 10.2 Å². The lowest BCUT2D eigenvalue weighted by Crippen LogP contribution is -2.07. The Bertz CT molecular complexity index is 1100. The van der Waals surface area contributed by atoms with E-state index in [0.717, 1.165) is 0 Å². The van der Waals surface area contributed by atoms with Gasteiger partial charge in [0.15, 0.2) is 5.69 Å². The Kier molecular flexibility index (Phi) is 3.83. The number of phenols is 1. The van der Waals surface area contributed by atoms with Gasteiger partial charge in [0.05, 0.1) is 12.7 Å². The van der Waals surface area contributed by atoms with E-state index in [-0.39, 0.29) is 28.3 Å². The molecule has 2 heterocycles. The summed E-state index contributed by atoms with van der Waals surface area (Å²) in [4.78, 5) is 0. The highest BCUT2D eigenvalue weighted by Crippen LogP contribution is 2.44. The van der Waals surface area contributed by atoms with Crippen LogP contribution in [0.15, 0.2) is 52.9 Å². The Morgan fingerprint density at radius 2 is 1.89 bits per heavy atom. The molecule has 0 bridgehead atoms. The number of aromatic hydroxyl groups is 1. The van der Waals surface area contributed by atoms with Crippen molar-refractivity contribution in [2.24, 2.45) is 0 Å². The zero-order valence-corrected chi connectivity index (χ0v) is 14.0. The van der Waals surface area contributed by atoms with E-state index < -0.39 is 11.9 Å². The van der Waals surface area contributed by atoms with Crippen molar-refractivity contribution >= 4 is 11.0 Å². The van der Waals surface area contributed by atoms with Gasteiger partial charge in [-0.2, -0.15) is 18.3 Å². The molecule has 4 rings (SSSR count). The van der Waals surface area contributed by atoms with Crippen LogP contribution in [0.5, 0.6) is 11.5 Å². The Hall–Kier alpha value is -3.42. The normalized spacial score (nSPS) is 11.9. The number of nitrogens with zero attached hydrogens (tertiary/aromatic N) is 1. The minimum atomic E-state index is -4.68. The molecule has 0 aliphatic rings. The molecular weight excluding hydrogens is 361 g/mol. The molecule has 4 aromatic rings. The molecule has 0 fully saturated rings. The number of H-pyrrole nitrogens is 1. The first kappa shape index (κ1) is 17.0. The number of methoxy groups -OCH3 is 1. The summed E-state index contributed by atoms with van der Waals surface area (Å²) in [5.41, 5.74) is -0.808. The van der Waals surface area contributed by atoms with Crippen LogP contribution in [-0.4, -0.2) is 22.4 Å². The lowest BCUT2D eigenvalue weighted by molar-refractivity contribution is -0.140. The third-order valence-electron chi connectivity index (χ3n) is 4.18. The lowest BCUT2D eigenvalue weighted by Gasteiger charge is -2.08. The fourth-order valence-electron chi connectivity index (χ4n) is 2.93. The van der Waals surface area contributed by atoms with Gasteiger partial charge in [0.25, 0.3) is 0 Å². The molecule has 0 atom stereocenters. The van der Waals surface area contributed by atoms with Gasteiger partial charge < -0.3 is 14.3 Å². The number of rotatable bonds is 3. The number of aromatic nitrogens is 2. The van der Waals surface area contributed by atoms with Crippen molar-refractivity contribution in [1.29, 1.82) is 0 Å². The van der Waals surface area contributed by atoms with Crippen molar-refractivity contribution in [3.05, 3.63) is 54.2 Å². The first-order chi connectivity index (χ1) is 12.9. The van der Waals surface area contributed by atoms with Crippen molar-refractivity contribution in [3.63, 3.8) is 0 Å². The molecule has 138 valence electrons. The molecule has 0 unspecified atom stereocenters. The Morgan fingerprint density at radius 3 is 2.56 bits per heavy atom. The average molecular weight is 374 g/mol. The van der Waals surface area contributed by atoms with Gasteiger partial charge in [-0.25, -0.2) is 0 Å². The number of hydrogen-bond acceptors (Lipinski definition) is 4. The van der Waals surface area contributed by atoms with E-state index in [1.807, 2.05) is 5.10 Å². The quantitative estimate of drug-likeness (QED) is 0.516. The molecule has 27 heavy (non-hydrogen) atoms. The van der Waals surface area contributed by atoms with Crippen molar-refractivity contribution in [2.75, 3.05) is 7.11 Å². The summed E-state index contributed by atoms with van der Waals surface area (Å²) in [6, 6.07) is 12.7. The number of fused-ring (bicyclic) bond motifs is 1. The van der Waals surface area contributed by atoms with Gasteiger partial charge in [-0.3, -0.25) is 5.10 Å². The second-order valence-corrected chi connectivity index (χ2v) is 5.85. The van der Waals surface area contributed by atoms with Crippen molar-refractivity contribution in [2.45, 2.75) is 6.18 Å². The SMILES string of the molecule is COc1ccc(-c2n[nH]c(C(F)(F)F)c2-c2cc3ccccc3o2)c(O)c1. The number of benzene rings is 2. The molecule has 8 heteroatoms. The molecule has 0 aliphatic carbocycles. The van der Waals surface area contributed by atoms with Gasteiger partial charge in [-0.05, 0) is 24.3 Å². The number of aromatic amines is 1. The van der Waals surface area contributed by atoms with E-state index in [4.69, 9.17) is 9.15 Å². The summed E-state index contributed by atoms with van der Waals surface area (Å²) in [5, 5.41) is 16.8. The van der Waals surface area contributed by atoms with Gasteiger partial charge in [0, 0.05) is 17.0 Å². The molecular formula is C19H13F3N2O3. The lowest BCUT2D eigenvalue weighted by atomic mass is 10.0. The molecule has 0 spiro atoms. The zero-order valence-electron chi connectivity index (χ0n) is 14.0. The van der Waals surface area contributed by atoms with Crippen LogP contribution in [0, 0.1) is 0 Å². The number of para-hydroxylation sites is 1. The molecule has 2 aromatic carbocycles. The summed E-state index contributed by atoms with van der Waals surface area (Å²) < 4.78 is 51.3. The highest BCUT2D eigenvalue weighted by atomic mass is 19.4. The average Bonchev–Trinajstić information content (AvgIpc) is 3.24. The van der Waals surface area contributed by atoms with E-state index in [0.29, 0.717) is 16.7 Å². The van der Waals surface area contributed by atoms with Crippen molar-refractivity contribution < 1.29 is 27.4 Å². The minimum Gasteiger partial charge on any atom is -0.507 e. The van der Waals surface area contributed by atoms with E-state index >= 15 is 0 Å². The summed E-state index contributed by atoms with van der Waals surface area (Å²) in [6.45, 7) is 0. The fourth-order valence-corrected chi connectivity index (χ4v) is 2.93. The molecule has 0 amide bonds. The van der Waals surface area contributed by atoms with Crippen LogP contribution in [0.2, 0.25) is 0 Å². The molecule has 2 aromatic heterocycles. The zero-order chi connectivity index (χ0) is 19.2. The summed E-state index contributed by atoms with van der Waals surface area (Å²) in [5.74, 6) is 0.113. The maximum absolute atomic E-state index is 13.5. The topological polar surface area (TPSA) is 71.3 Å². The molecule has 0 saturated carbocycles. The van der Waals surface area contributed by atoms with E-state index in [1.54, 1.807) is 24.3 Å². The van der Waals surface area contributed by atoms with Gasteiger partial charge in [-0.15, -0.1) is 0 Å². The molecule has 5 nitrogen and oxygen atoms in total. The number of furan rings is 1.